The van der Waals surface area contributed by atoms with Gasteiger partial charge in [0.1, 0.15) is 0 Å². The summed E-state index contributed by atoms with van der Waals surface area (Å²) in [5, 5.41) is 15.1. The minimum Gasteiger partial charge on any atom is -0.334 e. The number of anilines is 2. The number of carbonyl (C=O) groups excluding carboxylic acids is 1. The number of benzene rings is 1. The second-order valence-corrected chi connectivity index (χ2v) is 6.48. The van der Waals surface area contributed by atoms with Gasteiger partial charge in [0.2, 0.25) is 11.1 Å². The van der Waals surface area contributed by atoms with Crippen LogP contribution in [0.3, 0.4) is 0 Å². The van der Waals surface area contributed by atoms with E-state index in [9.17, 15) is 4.79 Å². The Morgan fingerprint density at radius 1 is 1.30 bits per heavy atom. The fourth-order valence-corrected chi connectivity index (χ4v) is 2.69. The van der Waals surface area contributed by atoms with Gasteiger partial charge in [-0.25, -0.2) is 10.1 Å². The molecule has 3 aromatic rings. The van der Waals surface area contributed by atoms with Gasteiger partial charge >= 0.3 is 0 Å². The van der Waals surface area contributed by atoms with Gasteiger partial charge in [-0.05, 0) is 25.1 Å². The highest BCUT2D eigenvalue weighted by Gasteiger charge is 2.12. The van der Waals surface area contributed by atoms with Gasteiger partial charge in [-0.3, -0.25) is 9.78 Å². The number of nitrogen functional groups attached to an aromatic ring is 1. The number of nitrogens with one attached hydrogen (secondary N) is 2. The van der Waals surface area contributed by atoms with E-state index in [1.54, 1.807) is 18.6 Å². The van der Waals surface area contributed by atoms with E-state index in [0.717, 1.165) is 16.8 Å². The van der Waals surface area contributed by atoms with Crippen LogP contribution in [-0.4, -0.2) is 37.7 Å². The molecule has 0 radical (unpaired) electrons. The molecule has 0 saturated heterocycles. The number of carbonyl (C=O) groups is 1. The van der Waals surface area contributed by atoms with E-state index in [1.165, 1.54) is 16.4 Å². The van der Waals surface area contributed by atoms with Gasteiger partial charge in [-0.1, -0.05) is 35.5 Å². The first kappa shape index (κ1) is 18.4. The van der Waals surface area contributed by atoms with E-state index in [2.05, 4.69) is 31.0 Å². The Balaban J connectivity index is 1.51. The van der Waals surface area contributed by atoms with Crippen LogP contribution in [-0.2, 0) is 4.79 Å². The van der Waals surface area contributed by atoms with Gasteiger partial charge in [0, 0.05) is 23.6 Å². The highest BCUT2D eigenvalue weighted by molar-refractivity contribution is 7.99. The number of rotatable bonds is 7. The molecule has 0 aliphatic heterocycles. The van der Waals surface area contributed by atoms with Crippen molar-refractivity contribution < 1.29 is 4.79 Å². The summed E-state index contributed by atoms with van der Waals surface area (Å²) in [5.74, 6) is 6.19. The maximum absolute atomic E-state index is 12.0. The molecular formula is C17H18N8OS. The Bertz CT molecular complexity index is 924. The minimum atomic E-state index is -0.157. The van der Waals surface area contributed by atoms with E-state index in [0.29, 0.717) is 5.16 Å². The van der Waals surface area contributed by atoms with Crippen molar-refractivity contribution in [3.8, 4) is 0 Å². The van der Waals surface area contributed by atoms with E-state index in [1.807, 2.05) is 43.3 Å². The lowest BCUT2D eigenvalue weighted by molar-refractivity contribution is -0.113. The molecule has 9 nitrogen and oxygen atoms in total. The molecule has 0 aliphatic rings. The number of nitrogens with two attached hydrogens (primary N) is 1. The highest BCUT2D eigenvalue weighted by Crippen LogP contribution is 2.17. The summed E-state index contributed by atoms with van der Waals surface area (Å²) in [5.41, 5.74) is 5.41. The molecule has 1 aromatic carbocycles. The minimum absolute atomic E-state index is 0.155. The second-order valence-electron chi connectivity index (χ2n) is 5.54. The summed E-state index contributed by atoms with van der Waals surface area (Å²) in [4.78, 5) is 16.0. The Morgan fingerprint density at radius 3 is 2.85 bits per heavy atom. The lowest BCUT2D eigenvalue weighted by Crippen LogP contribution is -2.16. The number of amides is 1. The largest absolute Gasteiger partial charge is 0.334 e. The fourth-order valence-electron chi connectivity index (χ4n) is 2.03. The van der Waals surface area contributed by atoms with Crippen molar-refractivity contribution in [1.29, 1.82) is 0 Å². The predicted octanol–water partition coefficient (Wildman–Crippen LogP) is 1.87. The Labute approximate surface area is 160 Å². The molecule has 4 N–H and O–H groups in total. The summed E-state index contributed by atoms with van der Waals surface area (Å²) in [7, 11) is 0. The van der Waals surface area contributed by atoms with Crippen molar-refractivity contribution >= 4 is 35.5 Å². The maximum Gasteiger partial charge on any atom is 0.264 e. The molecule has 0 aliphatic carbocycles. The average molecular weight is 382 g/mol. The van der Waals surface area contributed by atoms with Crippen LogP contribution in [0.15, 0.2) is 59.0 Å². The van der Waals surface area contributed by atoms with Gasteiger partial charge in [0.05, 0.1) is 12.0 Å². The van der Waals surface area contributed by atoms with E-state index in [4.69, 9.17) is 5.84 Å². The molecule has 10 heteroatoms. The van der Waals surface area contributed by atoms with Gasteiger partial charge in [-0.2, -0.15) is 5.10 Å². The van der Waals surface area contributed by atoms with Gasteiger partial charge in [0.15, 0.2) is 0 Å². The quantitative estimate of drug-likeness (QED) is 0.247. The first-order chi connectivity index (χ1) is 13.1. The average Bonchev–Trinajstić information content (AvgIpc) is 3.03. The molecule has 0 saturated carbocycles. The standard InChI is InChI=1S/C17H18N8OS/c1-12-4-6-14(7-5-12)21-15(26)11-27-17-24-23-16(25(17)18)22-20-10-13-3-2-8-19-9-13/h2-10H,11,18H2,1H3,(H,21,26)(H,22,23)/b20-10+. The zero-order valence-electron chi connectivity index (χ0n) is 14.5. The van der Waals surface area contributed by atoms with E-state index in [-0.39, 0.29) is 17.6 Å². The van der Waals surface area contributed by atoms with Gasteiger partial charge in [0.25, 0.3) is 5.95 Å². The van der Waals surface area contributed by atoms with Crippen molar-refractivity contribution in [2.75, 3.05) is 22.3 Å². The van der Waals surface area contributed by atoms with Crippen molar-refractivity contribution in [2.45, 2.75) is 12.1 Å². The summed E-state index contributed by atoms with van der Waals surface area (Å²) in [6, 6.07) is 11.2. The third kappa shape index (κ3) is 5.28. The predicted molar refractivity (Wildman–Crippen MR) is 106 cm³/mol. The van der Waals surface area contributed by atoms with Gasteiger partial charge in [-0.15, -0.1) is 10.2 Å². The number of aryl methyl sites for hydroxylation is 1. The zero-order valence-corrected chi connectivity index (χ0v) is 15.3. The Morgan fingerprint density at radius 2 is 2.11 bits per heavy atom. The number of nitrogens with zero attached hydrogens (tertiary/aromatic N) is 5. The number of hydrazone groups is 1. The smallest absolute Gasteiger partial charge is 0.264 e. The fraction of sp³-hybridized carbons (Fsp3) is 0.118. The third-order valence-electron chi connectivity index (χ3n) is 3.39. The van der Waals surface area contributed by atoms with Crippen LogP contribution in [0, 0.1) is 6.92 Å². The van der Waals surface area contributed by atoms with E-state index < -0.39 is 0 Å². The van der Waals surface area contributed by atoms with Crippen LogP contribution < -0.4 is 16.6 Å². The van der Waals surface area contributed by atoms with Crippen LogP contribution in [0.4, 0.5) is 11.6 Å². The number of thioether (sulfide) groups is 1. The Kier molecular flexibility index (Phi) is 6.00. The normalized spacial score (nSPS) is 10.9. The maximum atomic E-state index is 12.0. The van der Waals surface area contributed by atoms with Crippen molar-refractivity contribution in [1.82, 2.24) is 19.9 Å². The molecule has 0 bridgehead atoms. The number of aromatic nitrogens is 4. The highest BCUT2D eigenvalue weighted by atomic mass is 32.2. The molecule has 1 amide bonds. The molecule has 2 heterocycles. The lowest BCUT2D eigenvalue weighted by Gasteiger charge is -2.05. The first-order valence-electron chi connectivity index (χ1n) is 8.01. The molecule has 0 unspecified atom stereocenters. The molecule has 3 rings (SSSR count). The van der Waals surface area contributed by atoms with Crippen molar-refractivity contribution in [3.63, 3.8) is 0 Å². The second kappa shape index (κ2) is 8.81. The molecule has 138 valence electrons. The van der Waals surface area contributed by atoms with Crippen molar-refractivity contribution in [2.24, 2.45) is 5.10 Å². The third-order valence-corrected chi connectivity index (χ3v) is 4.34. The van der Waals surface area contributed by atoms with Crippen LogP contribution in [0.2, 0.25) is 0 Å². The summed E-state index contributed by atoms with van der Waals surface area (Å²) in [6.07, 6.45) is 4.94. The number of hydrogen-bond acceptors (Lipinski definition) is 8. The van der Waals surface area contributed by atoms with Gasteiger partial charge < -0.3 is 11.2 Å². The van der Waals surface area contributed by atoms with Crippen LogP contribution >= 0.6 is 11.8 Å². The zero-order chi connectivity index (χ0) is 19.1. The molecule has 0 spiro atoms. The molecular weight excluding hydrogens is 364 g/mol. The number of pyridine rings is 1. The molecule has 0 fully saturated rings. The number of hydrogen-bond donors (Lipinski definition) is 3. The molecule has 27 heavy (non-hydrogen) atoms. The first-order valence-corrected chi connectivity index (χ1v) is 8.99. The van der Waals surface area contributed by atoms with Crippen LogP contribution in [0.25, 0.3) is 0 Å². The van der Waals surface area contributed by atoms with Crippen molar-refractivity contribution in [3.05, 3.63) is 59.9 Å². The Hall–Kier alpha value is -3.40. The summed E-state index contributed by atoms with van der Waals surface area (Å²) < 4.78 is 1.24. The van der Waals surface area contributed by atoms with E-state index >= 15 is 0 Å². The lowest BCUT2D eigenvalue weighted by atomic mass is 10.2. The summed E-state index contributed by atoms with van der Waals surface area (Å²) >= 11 is 1.18. The monoisotopic (exact) mass is 382 g/mol. The van der Waals surface area contributed by atoms with Crippen LogP contribution in [0.1, 0.15) is 11.1 Å². The topological polar surface area (TPSA) is 123 Å². The summed E-state index contributed by atoms with van der Waals surface area (Å²) in [6.45, 7) is 1.99. The molecule has 0 atom stereocenters. The SMILES string of the molecule is Cc1ccc(NC(=O)CSc2nnc(N/N=C/c3cccnc3)n2N)cc1. The molecule has 2 aromatic heterocycles. The van der Waals surface area contributed by atoms with Crippen LogP contribution in [0.5, 0.6) is 0 Å².